The van der Waals surface area contributed by atoms with Crippen molar-refractivity contribution in [1.82, 2.24) is 0 Å². The van der Waals surface area contributed by atoms with E-state index in [1.165, 1.54) is 19.9 Å². The molecule has 0 aliphatic carbocycles. The van der Waals surface area contributed by atoms with E-state index in [-0.39, 0.29) is 10.6 Å². The molecule has 1 nitrogen and oxygen atoms in total. The summed E-state index contributed by atoms with van der Waals surface area (Å²) >= 11 is 5.57. The maximum absolute atomic E-state index is 13.3. The average molecular weight is 216 g/mol. The van der Waals surface area contributed by atoms with E-state index in [1.807, 2.05) is 6.07 Å². The van der Waals surface area contributed by atoms with Crippen molar-refractivity contribution < 1.29 is 8.78 Å². The monoisotopic (exact) mass is 215 g/mol. The van der Waals surface area contributed by atoms with Gasteiger partial charge >= 0.3 is 0 Å². The molecule has 0 amide bonds. The van der Waals surface area contributed by atoms with E-state index in [0.717, 1.165) is 6.07 Å². The van der Waals surface area contributed by atoms with Gasteiger partial charge in [0.25, 0.3) is 0 Å². The first-order chi connectivity index (χ1) is 6.38. The normalized spacial score (nSPS) is 11.1. The summed E-state index contributed by atoms with van der Waals surface area (Å²) in [6.07, 6.45) is 0. The van der Waals surface area contributed by atoms with Crippen molar-refractivity contribution in [3.63, 3.8) is 0 Å². The zero-order chi connectivity index (χ0) is 10.9. The number of halogens is 3. The fourth-order valence-corrected chi connectivity index (χ4v) is 1.28. The van der Waals surface area contributed by atoms with E-state index in [0.29, 0.717) is 0 Å². The molecule has 1 aromatic rings. The molecule has 0 saturated carbocycles. The van der Waals surface area contributed by atoms with Crippen LogP contribution in [-0.4, -0.2) is 0 Å². The zero-order valence-corrected chi connectivity index (χ0v) is 8.49. The number of benzene rings is 1. The van der Waals surface area contributed by atoms with Gasteiger partial charge in [0.15, 0.2) is 11.6 Å². The molecule has 0 heterocycles. The SMILES string of the molecule is CC(C)(C#N)c1cc(Cl)cc(F)c1F. The van der Waals surface area contributed by atoms with E-state index in [9.17, 15) is 8.78 Å². The van der Waals surface area contributed by atoms with E-state index >= 15 is 0 Å². The Kier molecular flexibility index (Phi) is 2.77. The fraction of sp³-hybridized carbons (Fsp3) is 0.300. The minimum atomic E-state index is -1.09. The molecule has 0 aliphatic heterocycles. The molecule has 0 radical (unpaired) electrons. The largest absolute Gasteiger partial charge is 0.204 e. The quantitative estimate of drug-likeness (QED) is 0.659. The highest BCUT2D eigenvalue weighted by atomic mass is 35.5. The van der Waals surface area contributed by atoms with Crippen molar-refractivity contribution in [3.05, 3.63) is 34.4 Å². The zero-order valence-electron chi connectivity index (χ0n) is 7.74. The van der Waals surface area contributed by atoms with Crippen LogP contribution in [0.25, 0.3) is 0 Å². The lowest BCUT2D eigenvalue weighted by molar-refractivity contribution is 0.481. The second kappa shape index (κ2) is 3.55. The van der Waals surface area contributed by atoms with Crippen LogP contribution >= 0.6 is 11.6 Å². The minimum absolute atomic E-state index is 0.0231. The molecule has 0 saturated heterocycles. The Bertz CT molecular complexity index is 407. The van der Waals surface area contributed by atoms with Crippen LogP contribution in [0.2, 0.25) is 5.02 Å². The molecular formula is C10H8ClF2N. The van der Waals surface area contributed by atoms with Crippen molar-refractivity contribution >= 4 is 11.6 Å². The molecule has 0 aliphatic rings. The molecule has 0 spiro atoms. The maximum atomic E-state index is 13.3. The number of hydrogen-bond donors (Lipinski definition) is 0. The molecule has 0 aromatic heterocycles. The molecule has 4 heteroatoms. The highest BCUT2D eigenvalue weighted by Gasteiger charge is 2.26. The minimum Gasteiger partial charge on any atom is -0.204 e. The van der Waals surface area contributed by atoms with Gasteiger partial charge in [0.2, 0.25) is 0 Å². The Labute approximate surface area is 85.9 Å². The number of nitrogens with zero attached hydrogens (tertiary/aromatic N) is 1. The Hall–Kier alpha value is -1.14. The van der Waals surface area contributed by atoms with Gasteiger partial charge in [-0.1, -0.05) is 11.6 Å². The molecule has 0 fully saturated rings. The van der Waals surface area contributed by atoms with Crippen molar-refractivity contribution in [2.24, 2.45) is 0 Å². The summed E-state index contributed by atoms with van der Waals surface area (Å²) in [5, 5.41) is 8.86. The first-order valence-electron chi connectivity index (χ1n) is 3.95. The lowest BCUT2D eigenvalue weighted by Gasteiger charge is -2.17. The Morgan fingerprint density at radius 1 is 1.36 bits per heavy atom. The van der Waals surface area contributed by atoms with Crippen molar-refractivity contribution in [3.8, 4) is 6.07 Å². The van der Waals surface area contributed by atoms with Gasteiger partial charge in [-0.25, -0.2) is 8.78 Å². The second-order valence-electron chi connectivity index (χ2n) is 3.49. The van der Waals surface area contributed by atoms with Gasteiger partial charge < -0.3 is 0 Å². The molecule has 1 rings (SSSR count). The van der Waals surface area contributed by atoms with Gasteiger partial charge in [-0.2, -0.15) is 5.26 Å². The third-order valence-corrected chi connectivity index (χ3v) is 2.16. The molecular weight excluding hydrogens is 208 g/mol. The van der Waals surface area contributed by atoms with Crippen LogP contribution in [-0.2, 0) is 5.41 Å². The number of rotatable bonds is 1. The summed E-state index contributed by atoms with van der Waals surface area (Å²) in [5.41, 5.74) is -1.11. The van der Waals surface area contributed by atoms with Crippen molar-refractivity contribution in [2.75, 3.05) is 0 Å². The third kappa shape index (κ3) is 1.85. The smallest absolute Gasteiger partial charge is 0.163 e. The van der Waals surface area contributed by atoms with Crippen LogP contribution in [0.5, 0.6) is 0 Å². The van der Waals surface area contributed by atoms with Crippen LogP contribution in [0.4, 0.5) is 8.78 Å². The Morgan fingerprint density at radius 3 is 2.43 bits per heavy atom. The molecule has 14 heavy (non-hydrogen) atoms. The first-order valence-corrected chi connectivity index (χ1v) is 4.32. The summed E-state index contributed by atoms with van der Waals surface area (Å²) in [6.45, 7) is 3.00. The van der Waals surface area contributed by atoms with Gasteiger partial charge in [0.05, 0.1) is 11.5 Å². The van der Waals surface area contributed by atoms with Gasteiger partial charge in [0.1, 0.15) is 0 Å². The molecule has 0 N–H and O–H groups in total. The average Bonchev–Trinajstić information content (AvgIpc) is 2.11. The lowest BCUT2D eigenvalue weighted by atomic mass is 9.86. The van der Waals surface area contributed by atoms with E-state index in [1.54, 1.807) is 0 Å². The standard InChI is InChI=1S/C10H8ClF2N/c1-10(2,5-14)7-3-6(11)4-8(12)9(7)13/h3-4H,1-2H3. The van der Waals surface area contributed by atoms with Crippen LogP contribution in [0.3, 0.4) is 0 Å². The van der Waals surface area contributed by atoms with Crippen LogP contribution in [0.15, 0.2) is 12.1 Å². The molecule has 0 unspecified atom stereocenters. The Morgan fingerprint density at radius 2 is 1.93 bits per heavy atom. The van der Waals surface area contributed by atoms with Crippen LogP contribution < -0.4 is 0 Å². The molecule has 1 aromatic carbocycles. The lowest BCUT2D eigenvalue weighted by Crippen LogP contribution is -2.17. The maximum Gasteiger partial charge on any atom is 0.163 e. The third-order valence-electron chi connectivity index (χ3n) is 1.95. The van der Waals surface area contributed by atoms with Crippen LogP contribution in [0.1, 0.15) is 19.4 Å². The van der Waals surface area contributed by atoms with Gasteiger partial charge in [0, 0.05) is 10.6 Å². The van der Waals surface area contributed by atoms with Crippen LogP contribution in [0, 0.1) is 23.0 Å². The van der Waals surface area contributed by atoms with E-state index in [4.69, 9.17) is 16.9 Å². The summed E-state index contributed by atoms with van der Waals surface area (Å²) in [6, 6.07) is 4.04. The fourth-order valence-electron chi connectivity index (χ4n) is 1.07. The van der Waals surface area contributed by atoms with Gasteiger partial charge in [-0.3, -0.25) is 0 Å². The summed E-state index contributed by atoms with van der Waals surface area (Å²) in [5.74, 6) is -2.04. The Balaban J connectivity index is 3.44. The van der Waals surface area contributed by atoms with Gasteiger partial charge in [-0.05, 0) is 26.0 Å². The second-order valence-corrected chi connectivity index (χ2v) is 3.92. The van der Waals surface area contributed by atoms with E-state index in [2.05, 4.69) is 0 Å². The van der Waals surface area contributed by atoms with Crippen molar-refractivity contribution in [1.29, 1.82) is 5.26 Å². The summed E-state index contributed by atoms with van der Waals surface area (Å²) in [7, 11) is 0. The molecule has 0 atom stereocenters. The highest BCUT2D eigenvalue weighted by Crippen LogP contribution is 2.29. The summed E-state index contributed by atoms with van der Waals surface area (Å²) in [4.78, 5) is 0. The van der Waals surface area contributed by atoms with E-state index < -0.39 is 17.0 Å². The predicted octanol–water partition coefficient (Wildman–Crippen LogP) is 3.42. The van der Waals surface area contributed by atoms with Gasteiger partial charge in [-0.15, -0.1) is 0 Å². The van der Waals surface area contributed by atoms with Crippen molar-refractivity contribution in [2.45, 2.75) is 19.3 Å². The first kappa shape index (κ1) is 10.9. The predicted molar refractivity (Wildman–Crippen MR) is 50.0 cm³/mol. The molecule has 0 bridgehead atoms. The summed E-state index contributed by atoms with van der Waals surface area (Å²) < 4.78 is 26.2. The topological polar surface area (TPSA) is 23.8 Å². The molecule has 74 valence electrons. The number of hydrogen-bond acceptors (Lipinski definition) is 1. The number of nitriles is 1. The highest BCUT2D eigenvalue weighted by molar-refractivity contribution is 6.30.